The molecule has 1 unspecified atom stereocenters. The number of hydrogen-bond acceptors (Lipinski definition) is 3. The summed E-state index contributed by atoms with van der Waals surface area (Å²) in [6.07, 6.45) is 2.92. The Bertz CT molecular complexity index is 456. The van der Waals surface area contributed by atoms with Crippen LogP contribution in [-0.2, 0) is 9.84 Å². The lowest BCUT2D eigenvalue weighted by Gasteiger charge is -2.17. The van der Waals surface area contributed by atoms with E-state index in [-0.39, 0.29) is 11.8 Å². The molecule has 0 fully saturated rings. The molecule has 5 heteroatoms. The molecule has 0 heterocycles. The number of rotatable bonds is 7. The highest BCUT2D eigenvalue weighted by Crippen LogP contribution is 2.19. The summed E-state index contributed by atoms with van der Waals surface area (Å²) in [5.74, 6) is 0.247. The average molecular weight is 334 g/mol. The van der Waals surface area contributed by atoms with E-state index < -0.39 is 9.84 Å². The van der Waals surface area contributed by atoms with Gasteiger partial charge in [0, 0.05) is 16.8 Å². The van der Waals surface area contributed by atoms with Crippen molar-refractivity contribution < 1.29 is 8.42 Å². The first-order valence-corrected chi connectivity index (χ1v) is 8.94. The predicted molar refractivity (Wildman–Crippen MR) is 79.5 cm³/mol. The van der Waals surface area contributed by atoms with Crippen LogP contribution in [0.3, 0.4) is 0 Å². The van der Waals surface area contributed by atoms with Crippen LogP contribution in [0.25, 0.3) is 0 Å². The fourth-order valence-electron chi connectivity index (χ4n) is 1.80. The summed E-state index contributed by atoms with van der Waals surface area (Å²) in [6, 6.07) is 8.51. The molecule has 102 valence electrons. The zero-order valence-electron chi connectivity index (χ0n) is 10.8. The van der Waals surface area contributed by atoms with Crippen LogP contribution in [0, 0.1) is 0 Å². The van der Waals surface area contributed by atoms with Crippen LogP contribution in [0.1, 0.15) is 31.4 Å². The van der Waals surface area contributed by atoms with Gasteiger partial charge in [0.1, 0.15) is 9.84 Å². The molecule has 0 saturated heterocycles. The van der Waals surface area contributed by atoms with Gasteiger partial charge in [0.15, 0.2) is 0 Å². The minimum absolute atomic E-state index is 0.247. The predicted octanol–water partition coefficient (Wildman–Crippen LogP) is 2.92. The topological polar surface area (TPSA) is 46.2 Å². The lowest BCUT2D eigenvalue weighted by molar-refractivity contribution is 0.516. The highest BCUT2D eigenvalue weighted by molar-refractivity contribution is 9.10. The van der Waals surface area contributed by atoms with Crippen molar-refractivity contribution in [2.45, 2.75) is 25.8 Å². The number of hydrogen-bond donors (Lipinski definition) is 1. The molecule has 1 N–H and O–H groups in total. The van der Waals surface area contributed by atoms with E-state index in [1.165, 1.54) is 11.8 Å². The maximum Gasteiger partial charge on any atom is 0.147 e. The molecule has 0 amide bonds. The van der Waals surface area contributed by atoms with Gasteiger partial charge >= 0.3 is 0 Å². The Kier molecular flexibility index (Phi) is 6.32. The van der Waals surface area contributed by atoms with Crippen molar-refractivity contribution in [1.29, 1.82) is 0 Å². The van der Waals surface area contributed by atoms with Crippen LogP contribution in [0.4, 0.5) is 0 Å². The molecule has 0 saturated carbocycles. The van der Waals surface area contributed by atoms with E-state index in [0.29, 0.717) is 6.42 Å². The molecular weight excluding hydrogens is 314 g/mol. The Morgan fingerprint density at radius 3 is 2.39 bits per heavy atom. The second-order valence-electron chi connectivity index (χ2n) is 4.45. The molecule has 0 aromatic heterocycles. The van der Waals surface area contributed by atoms with Crippen LogP contribution < -0.4 is 5.32 Å². The van der Waals surface area contributed by atoms with Gasteiger partial charge in [-0.15, -0.1) is 0 Å². The normalized spacial score (nSPS) is 13.5. The summed E-state index contributed by atoms with van der Waals surface area (Å²) in [5, 5.41) is 3.40. The number of sulfone groups is 1. The van der Waals surface area contributed by atoms with E-state index in [2.05, 4.69) is 40.3 Å². The third kappa shape index (κ3) is 5.98. The Morgan fingerprint density at radius 1 is 1.28 bits per heavy atom. The van der Waals surface area contributed by atoms with Gasteiger partial charge in [-0.2, -0.15) is 0 Å². The zero-order chi connectivity index (χ0) is 13.6. The molecular formula is C13H20BrNO2S. The minimum atomic E-state index is -2.85. The van der Waals surface area contributed by atoms with E-state index >= 15 is 0 Å². The number of halogens is 1. The monoisotopic (exact) mass is 333 g/mol. The van der Waals surface area contributed by atoms with Gasteiger partial charge in [0.05, 0.1) is 5.75 Å². The summed E-state index contributed by atoms with van der Waals surface area (Å²) in [4.78, 5) is 0. The lowest BCUT2D eigenvalue weighted by Crippen LogP contribution is -2.23. The van der Waals surface area contributed by atoms with Crippen molar-refractivity contribution >= 4 is 25.8 Å². The highest BCUT2D eigenvalue weighted by Gasteiger charge is 2.08. The Hall–Kier alpha value is -0.390. The second kappa shape index (κ2) is 7.26. The van der Waals surface area contributed by atoms with Gasteiger partial charge in [-0.3, -0.25) is 0 Å². The third-order valence-corrected chi connectivity index (χ3v) is 4.32. The molecule has 1 atom stereocenters. The Labute approximate surface area is 118 Å². The van der Waals surface area contributed by atoms with Crippen molar-refractivity contribution in [2.24, 2.45) is 0 Å². The second-order valence-corrected chi connectivity index (χ2v) is 7.63. The third-order valence-electron chi connectivity index (χ3n) is 2.76. The first-order chi connectivity index (χ1) is 8.42. The Morgan fingerprint density at radius 2 is 1.89 bits per heavy atom. The summed E-state index contributed by atoms with van der Waals surface area (Å²) in [5.41, 5.74) is 1.24. The van der Waals surface area contributed by atoms with Gasteiger partial charge in [-0.05, 0) is 37.1 Å². The van der Waals surface area contributed by atoms with Gasteiger partial charge in [0.25, 0.3) is 0 Å². The summed E-state index contributed by atoms with van der Waals surface area (Å²) in [7, 11) is -2.85. The fourth-order valence-corrected chi connectivity index (χ4v) is 2.74. The van der Waals surface area contributed by atoms with Gasteiger partial charge in [0.2, 0.25) is 0 Å². The molecule has 0 bridgehead atoms. The summed E-state index contributed by atoms with van der Waals surface area (Å²) < 4.78 is 23.1. The lowest BCUT2D eigenvalue weighted by atomic mass is 10.0. The minimum Gasteiger partial charge on any atom is -0.310 e. The van der Waals surface area contributed by atoms with Gasteiger partial charge < -0.3 is 5.32 Å². The molecule has 1 aromatic rings. The largest absolute Gasteiger partial charge is 0.310 e. The van der Waals surface area contributed by atoms with Crippen LogP contribution >= 0.6 is 15.9 Å². The van der Waals surface area contributed by atoms with E-state index in [1.54, 1.807) is 0 Å². The van der Waals surface area contributed by atoms with Crippen molar-refractivity contribution in [1.82, 2.24) is 5.32 Å². The molecule has 0 radical (unpaired) electrons. The van der Waals surface area contributed by atoms with Crippen LogP contribution in [0.2, 0.25) is 0 Å². The zero-order valence-corrected chi connectivity index (χ0v) is 13.2. The quantitative estimate of drug-likeness (QED) is 0.780. The maximum absolute atomic E-state index is 11.0. The first kappa shape index (κ1) is 15.7. The van der Waals surface area contributed by atoms with Crippen LogP contribution in [0.5, 0.6) is 0 Å². The highest BCUT2D eigenvalue weighted by atomic mass is 79.9. The molecule has 1 rings (SSSR count). The molecule has 0 aliphatic carbocycles. The standard InChI is InChI=1S/C13H20BrNO2S/c1-3-13(11-5-7-12(14)8-6-11)15-9-4-10-18(2,16)17/h5-8,13,15H,3-4,9-10H2,1-2H3. The van der Waals surface area contributed by atoms with Crippen LogP contribution in [-0.4, -0.2) is 27.0 Å². The molecule has 3 nitrogen and oxygen atoms in total. The Balaban J connectivity index is 2.45. The smallest absolute Gasteiger partial charge is 0.147 e. The molecule has 1 aromatic carbocycles. The maximum atomic E-state index is 11.0. The summed E-state index contributed by atoms with van der Waals surface area (Å²) in [6.45, 7) is 2.85. The average Bonchev–Trinajstić information content (AvgIpc) is 2.29. The van der Waals surface area contributed by atoms with Gasteiger partial charge in [-0.25, -0.2) is 8.42 Å². The fraction of sp³-hybridized carbons (Fsp3) is 0.538. The summed E-state index contributed by atoms with van der Waals surface area (Å²) >= 11 is 3.42. The van der Waals surface area contributed by atoms with E-state index in [1.807, 2.05) is 12.1 Å². The van der Waals surface area contributed by atoms with Crippen LogP contribution in [0.15, 0.2) is 28.7 Å². The van der Waals surface area contributed by atoms with E-state index in [4.69, 9.17) is 0 Å². The number of benzene rings is 1. The SMILES string of the molecule is CCC(NCCCS(C)(=O)=O)c1ccc(Br)cc1. The molecule has 0 aliphatic heterocycles. The van der Waals surface area contributed by atoms with Crippen molar-refractivity contribution in [3.8, 4) is 0 Å². The van der Waals surface area contributed by atoms with Gasteiger partial charge in [-0.1, -0.05) is 35.0 Å². The van der Waals surface area contributed by atoms with E-state index in [0.717, 1.165) is 17.4 Å². The van der Waals surface area contributed by atoms with Crippen molar-refractivity contribution in [2.75, 3.05) is 18.6 Å². The molecule has 0 spiro atoms. The van der Waals surface area contributed by atoms with Crippen molar-refractivity contribution in [3.05, 3.63) is 34.3 Å². The molecule has 18 heavy (non-hydrogen) atoms. The molecule has 0 aliphatic rings. The first-order valence-electron chi connectivity index (χ1n) is 6.09. The number of nitrogens with one attached hydrogen (secondary N) is 1. The van der Waals surface area contributed by atoms with E-state index in [9.17, 15) is 8.42 Å². The van der Waals surface area contributed by atoms with Crippen molar-refractivity contribution in [3.63, 3.8) is 0 Å².